The van der Waals surface area contributed by atoms with Gasteiger partial charge in [0.25, 0.3) is 5.91 Å². The molecule has 0 unspecified atom stereocenters. The van der Waals surface area contributed by atoms with Crippen molar-refractivity contribution >= 4 is 22.6 Å². The summed E-state index contributed by atoms with van der Waals surface area (Å²) in [5, 5.41) is 8.51. The average molecular weight is 456 g/mol. The van der Waals surface area contributed by atoms with Gasteiger partial charge in [-0.05, 0) is 50.1 Å². The number of piperidine rings is 1. The van der Waals surface area contributed by atoms with Crippen LogP contribution in [-0.4, -0.2) is 46.9 Å². The Kier molecular flexibility index (Phi) is 6.16. The van der Waals surface area contributed by atoms with Crippen LogP contribution in [0.15, 0.2) is 66.9 Å². The number of benzene rings is 2. The highest BCUT2D eigenvalue weighted by Gasteiger charge is 2.24. The van der Waals surface area contributed by atoms with Gasteiger partial charge in [-0.15, -0.1) is 0 Å². The molecule has 1 aliphatic heterocycles. The quantitative estimate of drug-likeness (QED) is 0.463. The molecule has 4 aromatic rings. The molecule has 2 aromatic carbocycles. The normalized spacial score (nSPS) is 14.4. The van der Waals surface area contributed by atoms with Crippen molar-refractivity contribution in [1.29, 1.82) is 0 Å². The maximum atomic E-state index is 13.4. The van der Waals surface area contributed by atoms with E-state index in [1.807, 2.05) is 60.1 Å². The first-order chi connectivity index (χ1) is 16.7. The summed E-state index contributed by atoms with van der Waals surface area (Å²) in [6, 6.07) is 20.1. The lowest BCUT2D eigenvalue weighted by molar-refractivity contribution is 0.0932. The number of carbonyl (C=O) groups is 1. The fraction of sp³-hybridized carbons (Fsp3) is 0.296. The molecule has 2 aromatic heterocycles. The topological polar surface area (TPSA) is 72.3 Å². The van der Waals surface area contributed by atoms with Gasteiger partial charge in [-0.3, -0.25) is 4.79 Å². The lowest BCUT2D eigenvalue weighted by atomic mass is 10.0. The lowest BCUT2D eigenvalue weighted by Gasteiger charge is -2.34. The molecule has 1 N–H and O–H groups in total. The minimum Gasteiger partial charge on any atom is -0.497 e. The summed E-state index contributed by atoms with van der Waals surface area (Å²) in [5.74, 6) is 0.791. The number of hydrogen-bond acceptors (Lipinski definition) is 5. The van der Waals surface area contributed by atoms with Crippen LogP contribution in [0.2, 0.25) is 0 Å². The lowest BCUT2D eigenvalue weighted by Crippen LogP contribution is -2.44. The molecule has 0 atom stereocenters. The number of nitrogens with zero attached hydrogens (tertiary/aromatic N) is 4. The van der Waals surface area contributed by atoms with Crippen molar-refractivity contribution in [2.45, 2.75) is 32.4 Å². The van der Waals surface area contributed by atoms with E-state index in [0.717, 1.165) is 54.0 Å². The van der Waals surface area contributed by atoms with E-state index < -0.39 is 0 Å². The van der Waals surface area contributed by atoms with Crippen LogP contribution in [0.3, 0.4) is 0 Å². The molecule has 5 rings (SSSR count). The maximum absolute atomic E-state index is 13.4. The zero-order valence-corrected chi connectivity index (χ0v) is 19.6. The molecule has 0 saturated carbocycles. The zero-order chi connectivity index (χ0) is 23.5. The Labute approximate surface area is 199 Å². The van der Waals surface area contributed by atoms with Crippen LogP contribution in [0, 0.1) is 0 Å². The second-order valence-corrected chi connectivity index (χ2v) is 8.55. The van der Waals surface area contributed by atoms with Crippen LogP contribution in [0.4, 0.5) is 5.69 Å². The Balaban J connectivity index is 1.34. The second kappa shape index (κ2) is 9.55. The molecule has 0 bridgehead atoms. The predicted octanol–water partition coefficient (Wildman–Crippen LogP) is 4.53. The van der Waals surface area contributed by atoms with Crippen molar-refractivity contribution in [2.24, 2.45) is 0 Å². The molecule has 0 spiro atoms. The fourth-order valence-electron chi connectivity index (χ4n) is 4.56. The first-order valence-electron chi connectivity index (χ1n) is 11.8. The number of aromatic nitrogens is 3. The molecule has 7 heteroatoms. The first kappa shape index (κ1) is 21.9. The van der Waals surface area contributed by atoms with Gasteiger partial charge in [-0.2, -0.15) is 5.10 Å². The second-order valence-electron chi connectivity index (χ2n) is 8.55. The molecule has 1 saturated heterocycles. The highest BCUT2D eigenvalue weighted by atomic mass is 16.5. The van der Waals surface area contributed by atoms with Gasteiger partial charge >= 0.3 is 0 Å². The van der Waals surface area contributed by atoms with Crippen LogP contribution < -0.4 is 15.0 Å². The highest BCUT2D eigenvalue weighted by Crippen LogP contribution is 2.26. The van der Waals surface area contributed by atoms with Gasteiger partial charge in [0.05, 0.1) is 30.0 Å². The first-order valence-corrected chi connectivity index (χ1v) is 11.8. The number of methoxy groups -OCH3 is 1. The molecule has 0 aliphatic carbocycles. The Morgan fingerprint density at radius 2 is 1.82 bits per heavy atom. The van der Waals surface area contributed by atoms with E-state index in [1.165, 1.54) is 5.69 Å². The van der Waals surface area contributed by atoms with Crippen LogP contribution in [0.25, 0.3) is 22.3 Å². The van der Waals surface area contributed by atoms with Crippen LogP contribution in [-0.2, 0) is 6.54 Å². The Hall–Kier alpha value is -3.87. The molecular weight excluding hydrogens is 426 g/mol. The Morgan fingerprint density at radius 3 is 2.50 bits per heavy atom. The van der Waals surface area contributed by atoms with Gasteiger partial charge in [-0.25, -0.2) is 9.67 Å². The van der Waals surface area contributed by atoms with Crippen molar-refractivity contribution < 1.29 is 9.53 Å². The van der Waals surface area contributed by atoms with Crippen molar-refractivity contribution in [1.82, 2.24) is 20.1 Å². The molecule has 1 amide bonds. The third-order valence-electron chi connectivity index (χ3n) is 6.49. The number of amides is 1. The molecule has 0 radical (unpaired) electrons. The molecule has 174 valence electrons. The van der Waals surface area contributed by atoms with Gasteiger partial charge in [0, 0.05) is 36.9 Å². The summed E-state index contributed by atoms with van der Waals surface area (Å²) >= 11 is 0. The van der Waals surface area contributed by atoms with Gasteiger partial charge in [0.1, 0.15) is 5.75 Å². The van der Waals surface area contributed by atoms with Gasteiger partial charge < -0.3 is 15.0 Å². The minimum absolute atomic E-state index is 0.0665. The predicted molar refractivity (Wildman–Crippen MR) is 134 cm³/mol. The van der Waals surface area contributed by atoms with Crippen LogP contribution >= 0.6 is 0 Å². The number of nitrogens with one attached hydrogen (secondary N) is 1. The van der Waals surface area contributed by atoms with Crippen LogP contribution in [0.5, 0.6) is 5.75 Å². The average Bonchev–Trinajstić information content (AvgIpc) is 3.32. The number of aryl methyl sites for hydroxylation is 1. The largest absolute Gasteiger partial charge is 0.497 e. The molecule has 34 heavy (non-hydrogen) atoms. The summed E-state index contributed by atoms with van der Waals surface area (Å²) in [7, 11) is 1.68. The summed E-state index contributed by atoms with van der Waals surface area (Å²) in [4.78, 5) is 20.6. The van der Waals surface area contributed by atoms with Crippen molar-refractivity contribution in [3.05, 3.63) is 72.4 Å². The third kappa shape index (κ3) is 4.33. The van der Waals surface area contributed by atoms with E-state index in [0.29, 0.717) is 12.1 Å². The van der Waals surface area contributed by atoms with E-state index in [4.69, 9.17) is 9.72 Å². The summed E-state index contributed by atoms with van der Waals surface area (Å²) in [6.45, 7) is 4.51. The number of anilines is 1. The van der Waals surface area contributed by atoms with Gasteiger partial charge in [0.15, 0.2) is 5.65 Å². The van der Waals surface area contributed by atoms with Gasteiger partial charge in [-0.1, -0.05) is 30.3 Å². The molecule has 7 nitrogen and oxygen atoms in total. The number of hydrogen-bond donors (Lipinski definition) is 1. The molecule has 1 fully saturated rings. The molecule has 3 heterocycles. The fourth-order valence-corrected chi connectivity index (χ4v) is 4.56. The van der Waals surface area contributed by atoms with Crippen molar-refractivity contribution in [3.8, 4) is 17.0 Å². The number of pyridine rings is 1. The smallest absolute Gasteiger partial charge is 0.252 e. The van der Waals surface area contributed by atoms with E-state index >= 15 is 0 Å². The summed E-state index contributed by atoms with van der Waals surface area (Å²) in [5.41, 5.74) is 4.31. The number of fused-ring (bicyclic) bond motifs is 1. The summed E-state index contributed by atoms with van der Waals surface area (Å²) < 4.78 is 7.10. The Morgan fingerprint density at radius 1 is 1.09 bits per heavy atom. The maximum Gasteiger partial charge on any atom is 0.252 e. The van der Waals surface area contributed by atoms with Crippen molar-refractivity contribution in [2.75, 3.05) is 25.1 Å². The minimum atomic E-state index is -0.0665. The van der Waals surface area contributed by atoms with Crippen molar-refractivity contribution in [3.63, 3.8) is 0 Å². The van der Waals surface area contributed by atoms with E-state index in [1.54, 1.807) is 13.3 Å². The van der Waals surface area contributed by atoms with E-state index in [-0.39, 0.29) is 11.9 Å². The van der Waals surface area contributed by atoms with Gasteiger partial charge in [0.2, 0.25) is 0 Å². The SMILES string of the molecule is CCn1ncc2c(C(=O)NC3CCN(c4ccc(OC)cc4)CC3)cc(-c3ccccc3)nc21. The zero-order valence-electron chi connectivity index (χ0n) is 19.6. The number of carbonyl (C=O) groups excluding carboxylic acids is 1. The highest BCUT2D eigenvalue weighted by molar-refractivity contribution is 6.06. The monoisotopic (exact) mass is 455 g/mol. The van der Waals surface area contributed by atoms with Crippen LogP contribution in [0.1, 0.15) is 30.1 Å². The van der Waals surface area contributed by atoms with E-state index in [2.05, 4.69) is 27.4 Å². The molecular formula is C27H29N5O2. The third-order valence-corrected chi connectivity index (χ3v) is 6.49. The Bertz CT molecular complexity index is 1280. The van der Waals surface area contributed by atoms with E-state index in [9.17, 15) is 4.79 Å². The number of rotatable bonds is 6. The summed E-state index contributed by atoms with van der Waals surface area (Å²) in [6.07, 6.45) is 3.54. The molecule has 1 aliphatic rings. The number of ether oxygens (including phenoxy) is 1. The standard InChI is InChI=1S/C27H29N5O2/c1-3-32-26-24(18-28-32)23(17-25(30-26)19-7-5-4-6-8-19)27(33)29-20-13-15-31(16-14-20)21-9-11-22(34-2)12-10-21/h4-12,17-18,20H,3,13-16H2,1-2H3,(H,29,33).